The standard InChI is InChI=1S/C14H17N5O4/c1-14(8-23-2,13(21)22)16-12(20)7-10-3-5-11(6-4-10)19-9-15-17-18-19/h3-6,9H,7-8H2,1-2H3,(H,16,20)(H,21,22). The van der Waals surface area contributed by atoms with Gasteiger partial charge in [0.15, 0.2) is 5.54 Å². The summed E-state index contributed by atoms with van der Waals surface area (Å²) in [6, 6.07) is 7.05. The van der Waals surface area contributed by atoms with Crippen molar-refractivity contribution in [1.29, 1.82) is 0 Å². The van der Waals surface area contributed by atoms with Crippen molar-refractivity contribution in [3.8, 4) is 5.69 Å². The molecule has 0 bridgehead atoms. The number of amides is 1. The van der Waals surface area contributed by atoms with Crippen LogP contribution in [0, 0.1) is 0 Å². The van der Waals surface area contributed by atoms with Gasteiger partial charge in [-0.05, 0) is 35.0 Å². The van der Waals surface area contributed by atoms with Gasteiger partial charge in [-0.1, -0.05) is 12.1 Å². The fourth-order valence-electron chi connectivity index (χ4n) is 2.02. The Balaban J connectivity index is 2.01. The topological polar surface area (TPSA) is 119 Å². The molecular formula is C14H17N5O4. The summed E-state index contributed by atoms with van der Waals surface area (Å²) in [5.74, 6) is -1.55. The number of carboxylic acids is 1. The molecule has 0 aliphatic rings. The van der Waals surface area contributed by atoms with Crippen LogP contribution in [0.15, 0.2) is 30.6 Å². The lowest BCUT2D eigenvalue weighted by Gasteiger charge is -2.25. The zero-order valence-electron chi connectivity index (χ0n) is 12.8. The highest BCUT2D eigenvalue weighted by Gasteiger charge is 2.34. The highest BCUT2D eigenvalue weighted by Crippen LogP contribution is 2.10. The minimum absolute atomic E-state index is 0.0580. The number of benzene rings is 1. The normalized spacial score (nSPS) is 13.3. The molecule has 0 saturated carbocycles. The first-order valence-corrected chi connectivity index (χ1v) is 6.80. The van der Waals surface area contributed by atoms with Gasteiger partial charge >= 0.3 is 5.97 Å². The van der Waals surface area contributed by atoms with Gasteiger partial charge in [-0.15, -0.1) is 5.10 Å². The van der Waals surface area contributed by atoms with Crippen LogP contribution in [0.5, 0.6) is 0 Å². The van der Waals surface area contributed by atoms with Crippen molar-refractivity contribution in [2.45, 2.75) is 18.9 Å². The molecule has 9 nitrogen and oxygen atoms in total. The van der Waals surface area contributed by atoms with Crippen LogP contribution in [0.4, 0.5) is 0 Å². The van der Waals surface area contributed by atoms with Crippen LogP contribution in [-0.2, 0) is 20.7 Å². The van der Waals surface area contributed by atoms with E-state index in [9.17, 15) is 14.7 Å². The highest BCUT2D eigenvalue weighted by molar-refractivity contribution is 5.87. The van der Waals surface area contributed by atoms with Gasteiger partial charge in [0.05, 0.1) is 18.7 Å². The van der Waals surface area contributed by atoms with E-state index in [4.69, 9.17) is 4.74 Å². The van der Waals surface area contributed by atoms with Crippen molar-refractivity contribution in [3.63, 3.8) is 0 Å². The Bertz CT molecular complexity index is 671. The van der Waals surface area contributed by atoms with Crippen molar-refractivity contribution in [2.24, 2.45) is 0 Å². The smallest absolute Gasteiger partial charge is 0.331 e. The molecule has 0 fully saturated rings. The lowest BCUT2D eigenvalue weighted by atomic mass is 10.0. The van der Waals surface area contributed by atoms with Crippen molar-refractivity contribution in [2.75, 3.05) is 13.7 Å². The first kappa shape index (κ1) is 16.6. The molecule has 1 atom stereocenters. The van der Waals surface area contributed by atoms with Gasteiger partial charge < -0.3 is 15.2 Å². The van der Waals surface area contributed by atoms with Crippen LogP contribution in [0.1, 0.15) is 12.5 Å². The number of nitrogens with one attached hydrogen (secondary N) is 1. The molecule has 0 saturated heterocycles. The molecule has 2 aromatic rings. The Hall–Kier alpha value is -2.81. The van der Waals surface area contributed by atoms with Gasteiger partial charge in [0, 0.05) is 7.11 Å². The molecule has 0 aliphatic heterocycles. The lowest BCUT2D eigenvalue weighted by molar-refractivity contribution is -0.149. The average molecular weight is 319 g/mol. The van der Waals surface area contributed by atoms with E-state index in [0.29, 0.717) is 0 Å². The molecule has 0 aliphatic carbocycles. The number of ether oxygens (including phenoxy) is 1. The Morgan fingerprint density at radius 3 is 2.57 bits per heavy atom. The summed E-state index contributed by atoms with van der Waals surface area (Å²) in [4.78, 5) is 23.3. The van der Waals surface area contributed by atoms with Gasteiger partial charge in [0.2, 0.25) is 5.91 Å². The third-order valence-corrected chi connectivity index (χ3v) is 3.23. The van der Waals surface area contributed by atoms with Gasteiger partial charge in [0.1, 0.15) is 6.33 Å². The quantitative estimate of drug-likeness (QED) is 0.726. The molecule has 2 rings (SSSR count). The average Bonchev–Trinajstić information content (AvgIpc) is 3.02. The van der Waals surface area contributed by atoms with E-state index >= 15 is 0 Å². The monoisotopic (exact) mass is 319 g/mol. The van der Waals surface area contributed by atoms with Crippen molar-refractivity contribution >= 4 is 11.9 Å². The predicted octanol–water partition coefficient (Wildman–Crippen LogP) is -0.189. The van der Waals surface area contributed by atoms with Crippen LogP contribution in [0.25, 0.3) is 5.69 Å². The van der Waals surface area contributed by atoms with Crippen LogP contribution in [-0.4, -0.2) is 56.4 Å². The van der Waals surface area contributed by atoms with Crippen molar-refractivity contribution < 1.29 is 19.4 Å². The van der Waals surface area contributed by atoms with Crippen LogP contribution in [0.3, 0.4) is 0 Å². The third kappa shape index (κ3) is 4.10. The van der Waals surface area contributed by atoms with Gasteiger partial charge in [0.25, 0.3) is 0 Å². The molecule has 1 amide bonds. The summed E-state index contributed by atoms with van der Waals surface area (Å²) in [6.07, 6.45) is 1.52. The van der Waals surface area contributed by atoms with Crippen LogP contribution < -0.4 is 5.32 Å². The summed E-state index contributed by atoms with van der Waals surface area (Å²) in [5, 5.41) is 22.5. The molecule has 0 spiro atoms. The van der Waals surface area contributed by atoms with E-state index in [1.807, 2.05) is 0 Å². The largest absolute Gasteiger partial charge is 0.479 e. The maximum Gasteiger partial charge on any atom is 0.331 e. The summed E-state index contributed by atoms with van der Waals surface area (Å²) in [7, 11) is 1.38. The molecule has 1 aromatic carbocycles. The maximum absolute atomic E-state index is 12.1. The molecule has 1 unspecified atom stereocenters. The number of rotatable bonds is 7. The van der Waals surface area contributed by atoms with E-state index in [0.717, 1.165) is 11.3 Å². The Labute approximate surface area is 132 Å². The summed E-state index contributed by atoms with van der Waals surface area (Å²) < 4.78 is 6.35. The Morgan fingerprint density at radius 1 is 1.35 bits per heavy atom. The number of hydrogen-bond donors (Lipinski definition) is 2. The van der Waals surface area contributed by atoms with Crippen LogP contribution >= 0.6 is 0 Å². The number of nitrogens with zero attached hydrogens (tertiary/aromatic N) is 4. The number of carbonyl (C=O) groups is 2. The molecular weight excluding hydrogens is 302 g/mol. The molecule has 122 valence electrons. The Morgan fingerprint density at radius 2 is 2.04 bits per heavy atom. The number of carboxylic acid groups (broad SMARTS) is 1. The van der Waals surface area contributed by atoms with E-state index in [1.54, 1.807) is 24.3 Å². The van der Waals surface area contributed by atoms with E-state index in [1.165, 1.54) is 25.0 Å². The highest BCUT2D eigenvalue weighted by atomic mass is 16.5. The van der Waals surface area contributed by atoms with Gasteiger partial charge in [-0.2, -0.15) is 0 Å². The summed E-state index contributed by atoms with van der Waals surface area (Å²) >= 11 is 0. The number of hydrogen-bond acceptors (Lipinski definition) is 6. The lowest BCUT2D eigenvalue weighted by Crippen LogP contribution is -2.55. The fourth-order valence-corrected chi connectivity index (χ4v) is 2.02. The summed E-state index contributed by atoms with van der Waals surface area (Å²) in [6.45, 7) is 1.28. The number of aliphatic carboxylic acids is 1. The minimum atomic E-state index is -1.46. The predicted molar refractivity (Wildman–Crippen MR) is 78.9 cm³/mol. The first-order valence-electron chi connectivity index (χ1n) is 6.80. The molecule has 0 radical (unpaired) electrons. The second-order valence-corrected chi connectivity index (χ2v) is 5.22. The van der Waals surface area contributed by atoms with E-state index in [-0.39, 0.29) is 13.0 Å². The fraction of sp³-hybridized carbons (Fsp3) is 0.357. The number of aromatic nitrogens is 4. The number of carbonyl (C=O) groups excluding carboxylic acids is 1. The first-order chi connectivity index (χ1) is 10.9. The zero-order chi connectivity index (χ0) is 16.9. The van der Waals surface area contributed by atoms with E-state index in [2.05, 4.69) is 20.8 Å². The molecule has 2 N–H and O–H groups in total. The SMILES string of the molecule is COCC(C)(NC(=O)Cc1ccc(-n2cnnn2)cc1)C(=O)O. The van der Waals surface area contributed by atoms with Gasteiger partial charge in [-0.25, -0.2) is 9.48 Å². The number of methoxy groups -OCH3 is 1. The third-order valence-electron chi connectivity index (χ3n) is 3.23. The summed E-state index contributed by atoms with van der Waals surface area (Å²) in [5.41, 5.74) is 0.0384. The second-order valence-electron chi connectivity index (χ2n) is 5.22. The van der Waals surface area contributed by atoms with Crippen molar-refractivity contribution in [1.82, 2.24) is 25.5 Å². The Kier molecular flexibility index (Phi) is 5.02. The molecule has 1 aromatic heterocycles. The second kappa shape index (κ2) is 6.97. The van der Waals surface area contributed by atoms with Gasteiger partial charge in [-0.3, -0.25) is 4.79 Å². The molecule has 1 heterocycles. The number of tetrazole rings is 1. The van der Waals surface area contributed by atoms with E-state index < -0.39 is 17.4 Å². The van der Waals surface area contributed by atoms with Crippen molar-refractivity contribution in [3.05, 3.63) is 36.2 Å². The molecule has 23 heavy (non-hydrogen) atoms. The minimum Gasteiger partial charge on any atom is -0.479 e. The maximum atomic E-state index is 12.1. The van der Waals surface area contributed by atoms with Crippen LogP contribution in [0.2, 0.25) is 0 Å². The molecule has 9 heteroatoms. The zero-order valence-corrected chi connectivity index (χ0v) is 12.8.